The highest BCUT2D eigenvalue weighted by Crippen LogP contribution is 2.09. The van der Waals surface area contributed by atoms with Gasteiger partial charge in [-0.15, -0.1) is 0 Å². The smallest absolute Gasteiger partial charge is 0.305 e. The van der Waals surface area contributed by atoms with Crippen molar-refractivity contribution in [2.75, 3.05) is 11.9 Å². The van der Waals surface area contributed by atoms with Gasteiger partial charge in [0.2, 0.25) is 0 Å². The van der Waals surface area contributed by atoms with E-state index < -0.39 is 0 Å². The zero-order valence-electron chi connectivity index (χ0n) is 14.7. The van der Waals surface area contributed by atoms with Crippen molar-refractivity contribution in [1.82, 2.24) is 0 Å². The van der Waals surface area contributed by atoms with E-state index in [-0.39, 0.29) is 5.97 Å². The topological polar surface area (TPSA) is 26.3 Å². The molecule has 0 unspecified atom stereocenters. The van der Waals surface area contributed by atoms with Crippen LogP contribution in [0.25, 0.3) is 0 Å². The molecule has 0 saturated carbocycles. The van der Waals surface area contributed by atoms with Crippen molar-refractivity contribution < 1.29 is 9.53 Å². The van der Waals surface area contributed by atoms with Crippen LogP contribution >= 0.6 is 15.9 Å². The van der Waals surface area contributed by atoms with Crippen molar-refractivity contribution in [2.24, 2.45) is 0 Å². The van der Waals surface area contributed by atoms with Gasteiger partial charge in [-0.25, -0.2) is 0 Å². The number of rotatable bonds is 15. The van der Waals surface area contributed by atoms with Crippen LogP contribution in [0.4, 0.5) is 0 Å². The molecular weight excluding hydrogens is 340 g/mol. The number of carbonyl (C=O) groups excluding carboxylic acids is 1. The maximum Gasteiger partial charge on any atom is 0.305 e. The number of carbonyl (C=O) groups is 1. The second kappa shape index (κ2) is 17.1. The van der Waals surface area contributed by atoms with Gasteiger partial charge >= 0.3 is 5.97 Å². The average Bonchev–Trinajstić information content (AvgIpc) is 2.48. The lowest BCUT2D eigenvalue weighted by Gasteiger charge is -2.05. The molecule has 0 amide bonds. The Labute approximate surface area is 146 Å². The van der Waals surface area contributed by atoms with E-state index in [9.17, 15) is 4.79 Å². The molecule has 0 aliphatic heterocycles. The molecule has 130 valence electrons. The van der Waals surface area contributed by atoms with Gasteiger partial charge in [-0.3, -0.25) is 4.79 Å². The van der Waals surface area contributed by atoms with E-state index in [0.29, 0.717) is 13.0 Å². The van der Waals surface area contributed by atoms with Gasteiger partial charge in [-0.05, 0) is 46.0 Å². The number of allylic oxidation sites excluding steroid dienone is 2. The molecule has 0 atom stereocenters. The molecule has 0 fully saturated rings. The lowest BCUT2D eigenvalue weighted by Crippen LogP contribution is -2.05. The third-order valence-electron chi connectivity index (χ3n) is 3.68. The first-order valence-corrected chi connectivity index (χ1v) is 10.1. The molecule has 0 aromatic carbocycles. The first-order valence-electron chi connectivity index (χ1n) is 9.01. The van der Waals surface area contributed by atoms with Crippen LogP contribution < -0.4 is 0 Å². The average molecular weight is 375 g/mol. The van der Waals surface area contributed by atoms with E-state index in [4.69, 9.17) is 4.74 Å². The third kappa shape index (κ3) is 17.7. The number of halogens is 1. The van der Waals surface area contributed by atoms with Gasteiger partial charge in [0.1, 0.15) is 0 Å². The molecule has 0 radical (unpaired) electrons. The van der Waals surface area contributed by atoms with Gasteiger partial charge in [0.05, 0.1) is 6.61 Å². The summed E-state index contributed by atoms with van der Waals surface area (Å²) >= 11 is 3.43. The normalized spacial score (nSPS) is 10.5. The van der Waals surface area contributed by atoms with Gasteiger partial charge in [0.15, 0.2) is 0 Å². The maximum atomic E-state index is 11.6. The predicted octanol–water partition coefficient (Wildman–Crippen LogP) is 6.57. The number of hydrogen-bond donors (Lipinski definition) is 0. The molecule has 0 aliphatic rings. The molecule has 2 nitrogen and oxygen atoms in total. The fourth-order valence-electron chi connectivity index (χ4n) is 2.32. The fraction of sp³-hybridized carbons (Fsp3) is 0.842. The van der Waals surface area contributed by atoms with Crippen LogP contribution in [0.5, 0.6) is 0 Å². The second-order valence-corrected chi connectivity index (χ2v) is 7.06. The summed E-state index contributed by atoms with van der Waals surface area (Å²) in [5.74, 6) is -0.00926. The number of ether oxygens (including phenoxy) is 1. The molecule has 0 aromatic rings. The van der Waals surface area contributed by atoms with E-state index in [2.05, 4.69) is 35.9 Å². The third-order valence-corrected chi connectivity index (χ3v) is 4.24. The first kappa shape index (κ1) is 21.7. The second-order valence-electron chi connectivity index (χ2n) is 6.27. The Balaban J connectivity index is 3.21. The number of hydrogen-bond acceptors (Lipinski definition) is 2. The Kier molecular flexibility index (Phi) is 16.8. The van der Waals surface area contributed by atoms with Gasteiger partial charge in [0.25, 0.3) is 0 Å². The molecule has 0 spiro atoms. The van der Waals surface area contributed by atoms with Crippen LogP contribution in [0.15, 0.2) is 11.6 Å². The van der Waals surface area contributed by atoms with E-state index >= 15 is 0 Å². The lowest BCUT2D eigenvalue weighted by molar-refractivity contribution is -0.143. The molecule has 22 heavy (non-hydrogen) atoms. The Morgan fingerprint density at radius 2 is 1.45 bits per heavy atom. The maximum absolute atomic E-state index is 11.6. The summed E-state index contributed by atoms with van der Waals surface area (Å²) in [7, 11) is 0. The van der Waals surface area contributed by atoms with E-state index in [0.717, 1.165) is 24.6 Å². The quantitative estimate of drug-likeness (QED) is 0.140. The molecule has 0 bridgehead atoms. The minimum absolute atomic E-state index is 0.00926. The molecule has 0 rings (SSSR count). The Bertz CT molecular complexity index is 283. The first-order chi connectivity index (χ1) is 10.7. The molecule has 3 heteroatoms. The highest BCUT2D eigenvalue weighted by Gasteiger charge is 2.02. The standard InChI is InChI=1S/C19H35BrO2/c1-18(2)14-10-6-3-4-7-11-15-19(21)22-17-13-9-5-8-12-16-20/h14H,3-13,15-17H2,1-2H3. The SMILES string of the molecule is CC(C)=CCCCCCCCC(=O)OCCCCCCCBr. The van der Waals surface area contributed by atoms with Gasteiger partial charge in [-0.2, -0.15) is 0 Å². The van der Waals surface area contributed by atoms with Crippen molar-refractivity contribution in [3.05, 3.63) is 11.6 Å². The highest BCUT2D eigenvalue weighted by atomic mass is 79.9. The Morgan fingerprint density at radius 3 is 2.14 bits per heavy atom. The molecule has 0 aromatic heterocycles. The number of esters is 1. The molecule has 0 N–H and O–H groups in total. The minimum Gasteiger partial charge on any atom is -0.466 e. The molecule has 0 saturated heterocycles. The number of unbranched alkanes of at least 4 members (excludes halogenated alkanes) is 9. The van der Waals surface area contributed by atoms with Crippen LogP contribution in [-0.2, 0) is 9.53 Å². The van der Waals surface area contributed by atoms with Gasteiger partial charge in [0, 0.05) is 11.8 Å². The largest absolute Gasteiger partial charge is 0.466 e. The summed E-state index contributed by atoms with van der Waals surface area (Å²) in [5, 5.41) is 1.09. The zero-order chi connectivity index (χ0) is 16.5. The van der Waals surface area contributed by atoms with Crippen LogP contribution in [-0.4, -0.2) is 17.9 Å². The van der Waals surface area contributed by atoms with Crippen molar-refractivity contribution in [3.63, 3.8) is 0 Å². The van der Waals surface area contributed by atoms with Gasteiger partial charge in [-0.1, -0.05) is 66.1 Å². The lowest BCUT2D eigenvalue weighted by atomic mass is 10.1. The summed E-state index contributed by atoms with van der Waals surface area (Å²) in [4.78, 5) is 11.6. The van der Waals surface area contributed by atoms with Crippen molar-refractivity contribution in [2.45, 2.75) is 90.9 Å². The van der Waals surface area contributed by atoms with Crippen LogP contribution in [0.1, 0.15) is 90.9 Å². The Morgan fingerprint density at radius 1 is 0.864 bits per heavy atom. The summed E-state index contributed by atoms with van der Waals surface area (Å²) in [6, 6.07) is 0. The molecular formula is C19H35BrO2. The van der Waals surface area contributed by atoms with Crippen molar-refractivity contribution in [1.29, 1.82) is 0 Å². The van der Waals surface area contributed by atoms with E-state index in [1.807, 2.05) is 0 Å². The Hall–Kier alpha value is -0.310. The fourth-order valence-corrected chi connectivity index (χ4v) is 2.72. The molecule has 0 aliphatic carbocycles. The summed E-state index contributed by atoms with van der Waals surface area (Å²) in [6.07, 6.45) is 15.9. The predicted molar refractivity (Wildman–Crippen MR) is 99.6 cm³/mol. The summed E-state index contributed by atoms with van der Waals surface area (Å²) in [5.41, 5.74) is 1.41. The summed E-state index contributed by atoms with van der Waals surface area (Å²) < 4.78 is 5.26. The van der Waals surface area contributed by atoms with Gasteiger partial charge < -0.3 is 4.74 Å². The van der Waals surface area contributed by atoms with Crippen molar-refractivity contribution >= 4 is 21.9 Å². The van der Waals surface area contributed by atoms with Crippen molar-refractivity contribution in [3.8, 4) is 0 Å². The highest BCUT2D eigenvalue weighted by molar-refractivity contribution is 9.09. The monoisotopic (exact) mass is 374 g/mol. The minimum atomic E-state index is -0.00926. The zero-order valence-corrected chi connectivity index (χ0v) is 16.3. The van der Waals surface area contributed by atoms with Crippen LogP contribution in [0.2, 0.25) is 0 Å². The van der Waals surface area contributed by atoms with E-state index in [1.165, 1.54) is 56.9 Å². The number of alkyl halides is 1. The summed E-state index contributed by atoms with van der Waals surface area (Å²) in [6.45, 7) is 4.90. The van der Waals surface area contributed by atoms with E-state index in [1.54, 1.807) is 0 Å². The molecule has 0 heterocycles. The van der Waals surface area contributed by atoms with Crippen LogP contribution in [0.3, 0.4) is 0 Å². The van der Waals surface area contributed by atoms with Crippen LogP contribution in [0, 0.1) is 0 Å².